The van der Waals surface area contributed by atoms with Crippen LogP contribution in [-0.4, -0.2) is 69.5 Å². The van der Waals surface area contributed by atoms with Gasteiger partial charge in [-0.1, -0.05) is 32.9 Å². The molecule has 0 spiro atoms. The maximum Gasteiger partial charge on any atom is 0.332 e. The quantitative estimate of drug-likeness (QED) is 0.343. The van der Waals surface area contributed by atoms with Crippen LogP contribution >= 0.6 is 0 Å². The molecular formula is C24H43N3O5Si. The fourth-order valence-electron chi connectivity index (χ4n) is 3.67. The minimum Gasteiger partial charge on any atom is -0.464 e. The van der Waals surface area contributed by atoms with E-state index in [9.17, 15) is 14.4 Å². The van der Waals surface area contributed by atoms with Gasteiger partial charge < -0.3 is 24.7 Å². The van der Waals surface area contributed by atoms with Gasteiger partial charge in [0, 0.05) is 26.1 Å². The molecule has 8 nitrogen and oxygen atoms in total. The zero-order valence-electron chi connectivity index (χ0n) is 21.5. The largest absolute Gasteiger partial charge is 0.464 e. The number of nitrogens with one attached hydrogen (secondary N) is 2. The van der Waals surface area contributed by atoms with Gasteiger partial charge in [-0.15, -0.1) is 0 Å². The van der Waals surface area contributed by atoms with E-state index in [2.05, 4.69) is 50.6 Å². The average Bonchev–Trinajstić information content (AvgIpc) is 3.41. The number of amides is 3. The molecule has 0 radical (unpaired) electrons. The van der Waals surface area contributed by atoms with Gasteiger partial charge >= 0.3 is 12.0 Å². The van der Waals surface area contributed by atoms with Crippen molar-refractivity contribution in [1.29, 1.82) is 0 Å². The van der Waals surface area contributed by atoms with Crippen molar-refractivity contribution in [3.8, 4) is 0 Å². The van der Waals surface area contributed by atoms with Crippen LogP contribution in [0.15, 0.2) is 12.2 Å². The molecule has 1 fully saturated rings. The normalized spacial score (nSPS) is 28.2. The second-order valence-electron chi connectivity index (χ2n) is 10.7. The third kappa shape index (κ3) is 7.05. The molecule has 1 aliphatic carbocycles. The monoisotopic (exact) mass is 481 g/mol. The number of nitrogens with zero attached hydrogens (tertiary/aromatic N) is 1. The molecule has 188 valence electrons. The van der Waals surface area contributed by atoms with Crippen LogP contribution < -0.4 is 10.6 Å². The second kappa shape index (κ2) is 11.0. The molecule has 3 atom stereocenters. The number of carbonyl (C=O) groups excluding carboxylic acids is 3. The summed E-state index contributed by atoms with van der Waals surface area (Å²) in [4.78, 5) is 40.4. The molecule has 0 aromatic carbocycles. The Kier molecular flexibility index (Phi) is 9.15. The van der Waals surface area contributed by atoms with Gasteiger partial charge in [0.25, 0.3) is 0 Å². The summed E-state index contributed by atoms with van der Waals surface area (Å²) in [6.45, 7) is 13.8. The predicted molar refractivity (Wildman–Crippen MR) is 131 cm³/mol. The molecule has 0 bridgehead atoms. The number of esters is 1. The van der Waals surface area contributed by atoms with Gasteiger partial charge in [0.2, 0.25) is 5.91 Å². The van der Waals surface area contributed by atoms with Crippen molar-refractivity contribution in [1.82, 2.24) is 15.5 Å². The zero-order valence-corrected chi connectivity index (χ0v) is 22.5. The lowest BCUT2D eigenvalue weighted by molar-refractivity contribution is -0.149. The summed E-state index contributed by atoms with van der Waals surface area (Å²) in [5.74, 6) is -0.887. The molecule has 2 aliphatic rings. The van der Waals surface area contributed by atoms with Gasteiger partial charge in [-0.3, -0.25) is 4.79 Å². The minimum atomic E-state index is -2.00. The molecular weight excluding hydrogens is 438 g/mol. The Balaban J connectivity index is 2.21. The Labute approximate surface area is 200 Å². The van der Waals surface area contributed by atoms with Crippen LogP contribution in [-0.2, 0) is 18.8 Å². The number of ether oxygens (including phenoxy) is 1. The number of fused-ring (bicyclic) bond motifs is 1. The van der Waals surface area contributed by atoms with E-state index in [0.717, 1.165) is 19.3 Å². The lowest BCUT2D eigenvalue weighted by Crippen LogP contribution is -2.56. The average molecular weight is 482 g/mol. The Morgan fingerprint density at radius 3 is 2.61 bits per heavy atom. The highest BCUT2D eigenvalue weighted by atomic mass is 28.4. The molecule has 0 aromatic rings. The number of urea groups is 1. The summed E-state index contributed by atoms with van der Waals surface area (Å²) in [5, 5.41) is 5.84. The van der Waals surface area contributed by atoms with E-state index in [1.54, 1.807) is 18.9 Å². The molecule has 2 rings (SSSR count). The lowest BCUT2D eigenvalue weighted by atomic mass is 10.1. The van der Waals surface area contributed by atoms with Crippen molar-refractivity contribution in [2.24, 2.45) is 5.92 Å². The van der Waals surface area contributed by atoms with E-state index in [-0.39, 0.29) is 29.5 Å². The van der Waals surface area contributed by atoms with Crippen molar-refractivity contribution >= 4 is 26.2 Å². The van der Waals surface area contributed by atoms with E-state index in [1.807, 2.05) is 6.08 Å². The van der Waals surface area contributed by atoms with E-state index in [4.69, 9.17) is 9.16 Å². The van der Waals surface area contributed by atoms with Crippen molar-refractivity contribution in [2.45, 2.75) is 89.5 Å². The second-order valence-corrected chi connectivity index (χ2v) is 15.5. The Morgan fingerprint density at radius 2 is 1.97 bits per heavy atom. The summed E-state index contributed by atoms with van der Waals surface area (Å²) in [5.41, 5.74) is -1.05. The van der Waals surface area contributed by atoms with Crippen LogP contribution in [0.3, 0.4) is 0 Å². The number of hydrogen-bond acceptors (Lipinski definition) is 5. The van der Waals surface area contributed by atoms with Crippen LogP contribution in [0.4, 0.5) is 4.79 Å². The first kappa shape index (κ1) is 27.4. The third-order valence-corrected chi connectivity index (χ3v) is 11.7. The third-order valence-electron chi connectivity index (χ3n) is 7.12. The molecule has 0 aromatic heterocycles. The topological polar surface area (TPSA) is 97.0 Å². The van der Waals surface area contributed by atoms with Gasteiger partial charge in [-0.2, -0.15) is 0 Å². The lowest BCUT2D eigenvalue weighted by Gasteiger charge is -2.36. The first-order chi connectivity index (χ1) is 15.3. The van der Waals surface area contributed by atoms with Gasteiger partial charge in [0.1, 0.15) is 11.6 Å². The van der Waals surface area contributed by atoms with E-state index >= 15 is 0 Å². The van der Waals surface area contributed by atoms with Crippen LogP contribution in [0.5, 0.6) is 0 Å². The maximum atomic E-state index is 13.3. The van der Waals surface area contributed by atoms with E-state index in [1.165, 1.54) is 0 Å². The molecule has 33 heavy (non-hydrogen) atoms. The highest BCUT2D eigenvalue weighted by molar-refractivity contribution is 6.74. The van der Waals surface area contributed by atoms with Crippen molar-refractivity contribution in [3.63, 3.8) is 0 Å². The first-order valence-corrected chi connectivity index (χ1v) is 15.1. The van der Waals surface area contributed by atoms with E-state index in [0.29, 0.717) is 26.0 Å². The van der Waals surface area contributed by atoms with Crippen LogP contribution in [0.25, 0.3) is 0 Å². The highest BCUT2D eigenvalue weighted by Gasteiger charge is 2.61. The summed E-state index contributed by atoms with van der Waals surface area (Å²) in [6.07, 6.45) is 7.60. The van der Waals surface area contributed by atoms with Gasteiger partial charge in [-0.05, 0) is 57.2 Å². The Morgan fingerprint density at radius 1 is 1.27 bits per heavy atom. The molecule has 3 amide bonds. The summed E-state index contributed by atoms with van der Waals surface area (Å²) >= 11 is 0. The smallest absolute Gasteiger partial charge is 0.332 e. The van der Waals surface area contributed by atoms with E-state index < -0.39 is 25.9 Å². The van der Waals surface area contributed by atoms with Crippen molar-refractivity contribution in [3.05, 3.63) is 12.2 Å². The standard InChI is InChI=1S/C24H43N3O5Si/c1-8-31-21(29)24-17-18(24)13-11-9-10-12-15-27(5)22(30)25-19(20(28)26-24)14-16-32-33(6,7)23(2,3)4/h11,13,18-19H,8-10,12,14-17H2,1-7H3,(H,25,30)(H,26,28)/b13-11-/t18-,19+,24-/m1/s1. The molecule has 1 aliphatic heterocycles. The summed E-state index contributed by atoms with van der Waals surface area (Å²) < 4.78 is 11.5. The molecule has 0 saturated heterocycles. The minimum absolute atomic E-state index is 0.0452. The fraction of sp³-hybridized carbons (Fsp3) is 0.792. The van der Waals surface area contributed by atoms with Gasteiger partial charge in [-0.25, -0.2) is 9.59 Å². The Bertz CT molecular complexity index is 749. The molecule has 1 saturated carbocycles. The fourth-order valence-corrected chi connectivity index (χ4v) is 4.73. The molecule has 0 unspecified atom stereocenters. The van der Waals surface area contributed by atoms with Crippen LogP contribution in [0, 0.1) is 5.92 Å². The van der Waals surface area contributed by atoms with Gasteiger partial charge in [0.15, 0.2) is 8.32 Å². The highest BCUT2D eigenvalue weighted by Crippen LogP contribution is 2.46. The number of carbonyl (C=O) groups is 3. The maximum absolute atomic E-state index is 13.3. The molecule has 2 N–H and O–H groups in total. The predicted octanol–water partition coefficient (Wildman–Crippen LogP) is 3.59. The summed E-state index contributed by atoms with van der Waals surface area (Å²) in [7, 11) is -0.265. The zero-order chi connectivity index (χ0) is 24.9. The number of rotatable bonds is 6. The molecule has 9 heteroatoms. The first-order valence-electron chi connectivity index (χ1n) is 12.2. The van der Waals surface area contributed by atoms with Crippen molar-refractivity contribution < 1.29 is 23.5 Å². The Hall–Kier alpha value is -1.87. The SMILES string of the molecule is CCOC(=O)[C@@]12C[C@H]1/C=C\CCCCN(C)C(=O)N[C@@H](CCO[Si](C)(C)C(C)(C)C)C(=O)N2. The summed E-state index contributed by atoms with van der Waals surface area (Å²) in [6, 6.07) is -1.10. The number of hydrogen-bond donors (Lipinski definition) is 2. The number of allylic oxidation sites excluding steroid dienone is 1. The van der Waals surface area contributed by atoms with Crippen LogP contribution in [0.1, 0.15) is 59.8 Å². The van der Waals surface area contributed by atoms with Crippen molar-refractivity contribution in [2.75, 3.05) is 26.8 Å². The van der Waals surface area contributed by atoms with Crippen LogP contribution in [0.2, 0.25) is 18.1 Å². The van der Waals surface area contributed by atoms with Gasteiger partial charge in [0.05, 0.1) is 6.61 Å². The molecule has 1 heterocycles.